The van der Waals surface area contributed by atoms with Gasteiger partial charge in [0.05, 0.1) is 29.6 Å². The second-order valence-corrected chi connectivity index (χ2v) is 6.47. The molecule has 6 nitrogen and oxygen atoms in total. The highest BCUT2D eigenvalue weighted by Crippen LogP contribution is 2.32. The summed E-state index contributed by atoms with van der Waals surface area (Å²) in [6, 6.07) is 0. The van der Waals surface area contributed by atoms with Crippen LogP contribution in [-0.4, -0.2) is 50.7 Å². The Kier molecular flexibility index (Phi) is 3.97. The number of hydrogen-bond acceptors (Lipinski definition) is 4. The molecule has 0 aromatic carbocycles. The van der Waals surface area contributed by atoms with E-state index in [1.54, 1.807) is 17.9 Å². The average molecular weight is 302 g/mol. The fourth-order valence-electron chi connectivity index (χ4n) is 2.37. The van der Waals surface area contributed by atoms with E-state index in [2.05, 4.69) is 5.10 Å². The van der Waals surface area contributed by atoms with Crippen LogP contribution in [0.4, 0.5) is 4.79 Å². The molecule has 0 saturated carbocycles. The molecule has 2 heterocycles. The van der Waals surface area contributed by atoms with Crippen molar-refractivity contribution in [3.05, 3.63) is 16.9 Å². The van der Waals surface area contributed by atoms with Gasteiger partial charge in [-0.15, -0.1) is 0 Å². The van der Waals surface area contributed by atoms with Gasteiger partial charge in [0.15, 0.2) is 0 Å². The topological polar surface area (TPSA) is 67.6 Å². The maximum atomic E-state index is 12.0. The maximum Gasteiger partial charge on any atom is 0.410 e. The fourth-order valence-corrected chi connectivity index (χ4v) is 2.67. The van der Waals surface area contributed by atoms with E-state index in [4.69, 9.17) is 16.3 Å². The third-order valence-electron chi connectivity index (χ3n) is 3.23. The smallest absolute Gasteiger partial charge is 0.410 e. The first kappa shape index (κ1) is 15.1. The Labute approximate surface area is 123 Å². The number of rotatable bonds is 1. The summed E-state index contributed by atoms with van der Waals surface area (Å²) in [5.41, 5.74) is 0.190. The van der Waals surface area contributed by atoms with Crippen LogP contribution in [-0.2, 0) is 11.8 Å². The van der Waals surface area contributed by atoms with Crippen molar-refractivity contribution in [2.75, 3.05) is 13.1 Å². The largest absolute Gasteiger partial charge is 0.444 e. The third kappa shape index (κ3) is 3.07. The molecule has 1 aromatic rings. The van der Waals surface area contributed by atoms with Crippen LogP contribution in [0.5, 0.6) is 0 Å². The first-order chi connectivity index (χ1) is 9.19. The van der Waals surface area contributed by atoms with Crippen LogP contribution in [0.1, 0.15) is 32.4 Å². The number of aliphatic hydroxyl groups is 1. The lowest BCUT2D eigenvalue weighted by Crippen LogP contribution is -2.35. The minimum atomic E-state index is -0.671. The molecule has 1 aliphatic rings. The van der Waals surface area contributed by atoms with E-state index in [0.29, 0.717) is 11.6 Å². The van der Waals surface area contributed by atoms with E-state index in [-0.39, 0.29) is 12.5 Å². The normalized spacial score (nSPS) is 23.2. The molecule has 0 bridgehead atoms. The minimum Gasteiger partial charge on any atom is -0.444 e. The van der Waals surface area contributed by atoms with Gasteiger partial charge in [0, 0.05) is 19.5 Å². The van der Waals surface area contributed by atoms with Crippen LogP contribution in [0.2, 0.25) is 5.02 Å². The summed E-state index contributed by atoms with van der Waals surface area (Å²) < 4.78 is 6.95. The molecule has 0 radical (unpaired) electrons. The van der Waals surface area contributed by atoms with Crippen LogP contribution in [0.15, 0.2) is 6.20 Å². The van der Waals surface area contributed by atoms with Gasteiger partial charge in [0.1, 0.15) is 5.60 Å². The highest BCUT2D eigenvalue weighted by molar-refractivity contribution is 6.31. The van der Waals surface area contributed by atoms with Gasteiger partial charge in [-0.2, -0.15) is 5.10 Å². The lowest BCUT2D eigenvalue weighted by atomic mass is 10.0. The Balaban J connectivity index is 2.12. The third-order valence-corrected chi connectivity index (χ3v) is 3.52. The predicted molar refractivity (Wildman–Crippen MR) is 74.8 cm³/mol. The summed E-state index contributed by atoms with van der Waals surface area (Å²) in [5, 5.41) is 14.7. The maximum absolute atomic E-state index is 12.0. The van der Waals surface area contributed by atoms with Gasteiger partial charge in [-0.3, -0.25) is 4.68 Å². The zero-order valence-electron chi connectivity index (χ0n) is 12.1. The Morgan fingerprint density at radius 2 is 2.15 bits per heavy atom. The Hall–Kier alpha value is -1.27. The van der Waals surface area contributed by atoms with Crippen molar-refractivity contribution in [2.45, 2.75) is 38.4 Å². The summed E-state index contributed by atoms with van der Waals surface area (Å²) in [4.78, 5) is 13.5. The van der Waals surface area contributed by atoms with Crippen LogP contribution in [0.25, 0.3) is 0 Å². The molecule has 1 saturated heterocycles. The van der Waals surface area contributed by atoms with E-state index < -0.39 is 17.8 Å². The van der Waals surface area contributed by atoms with E-state index in [0.717, 1.165) is 5.69 Å². The van der Waals surface area contributed by atoms with E-state index in [1.165, 1.54) is 4.90 Å². The minimum absolute atomic E-state index is 0.237. The summed E-state index contributed by atoms with van der Waals surface area (Å²) in [6.07, 6.45) is 0.451. The van der Waals surface area contributed by atoms with Crippen molar-refractivity contribution < 1.29 is 14.6 Å². The zero-order valence-corrected chi connectivity index (χ0v) is 12.9. The van der Waals surface area contributed by atoms with Gasteiger partial charge in [-0.25, -0.2) is 4.79 Å². The van der Waals surface area contributed by atoms with Crippen LogP contribution < -0.4 is 0 Å². The number of aryl methyl sites for hydroxylation is 1. The summed E-state index contributed by atoms with van der Waals surface area (Å²) in [5.74, 6) is -0.248. The quantitative estimate of drug-likeness (QED) is 0.858. The number of hydrogen-bond donors (Lipinski definition) is 1. The molecular weight excluding hydrogens is 282 g/mol. The number of aromatic nitrogens is 2. The van der Waals surface area contributed by atoms with Crippen molar-refractivity contribution in [3.8, 4) is 0 Å². The molecule has 1 amide bonds. The second kappa shape index (κ2) is 5.26. The summed E-state index contributed by atoms with van der Waals surface area (Å²) >= 11 is 6.10. The average Bonchev–Trinajstić information content (AvgIpc) is 2.81. The monoisotopic (exact) mass is 301 g/mol. The molecule has 7 heteroatoms. The van der Waals surface area contributed by atoms with Crippen molar-refractivity contribution in [3.63, 3.8) is 0 Å². The van der Waals surface area contributed by atoms with Crippen LogP contribution in [0, 0.1) is 0 Å². The van der Waals surface area contributed by atoms with Gasteiger partial charge in [0.2, 0.25) is 0 Å². The number of ether oxygens (including phenoxy) is 1. The molecule has 0 unspecified atom stereocenters. The highest BCUT2D eigenvalue weighted by Gasteiger charge is 2.39. The molecule has 0 spiro atoms. The first-order valence-electron chi connectivity index (χ1n) is 6.52. The molecule has 1 fully saturated rings. The van der Waals surface area contributed by atoms with Crippen molar-refractivity contribution >= 4 is 17.7 Å². The highest BCUT2D eigenvalue weighted by atomic mass is 35.5. The molecule has 1 aliphatic heterocycles. The molecule has 1 N–H and O–H groups in total. The van der Waals surface area contributed by atoms with Crippen molar-refractivity contribution in [1.82, 2.24) is 14.7 Å². The lowest BCUT2D eigenvalue weighted by Gasteiger charge is -2.24. The number of halogens is 1. The number of amides is 1. The Morgan fingerprint density at radius 3 is 2.65 bits per heavy atom. The number of β-amino-alcohol motifs (C(OH)–C–C–N with tert-alkyl or cyclic N) is 1. The number of carbonyl (C=O) groups excluding carboxylic acids is 1. The first-order valence-corrected chi connectivity index (χ1v) is 6.90. The number of likely N-dealkylation sites (tertiary alicyclic amines) is 1. The van der Waals surface area contributed by atoms with Gasteiger partial charge in [-0.05, 0) is 20.8 Å². The molecule has 1 aromatic heterocycles. The number of aliphatic hydroxyl groups excluding tert-OH is 1. The van der Waals surface area contributed by atoms with Crippen LogP contribution in [0.3, 0.4) is 0 Å². The van der Waals surface area contributed by atoms with Crippen molar-refractivity contribution in [1.29, 1.82) is 0 Å². The van der Waals surface area contributed by atoms with Gasteiger partial charge < -0.3 is 14.7 Å². The zero-order chi connectivity index (χ0) is 15.1. The van der Waals surface area contributed by atoms with Crippen molar-refractivity contribution in [2.24, 2.45) is 7.05 Å². The van der Waals surface area contributed by atoms with Gasteiger partial charge >= 0.3 is 6.09 Å². The molecular formula is C13H20ClN3O3. The summed E-state index contributed by atoms with van der Waals surface area (Å²) in [7, 11) is 1.77. The van der Waals surface area contributed by atoms with Gasteiger partial charge in [0.25, 0.3) is 0 Å². The molecule has 2 rings (SSSR count). The fraction of sp³-hybridized carbons (Fsp3) is 0.692. The Morgan fingerprint density at radius 1 is 1.50 bits per heavy atom. The molecule has 112 valence electrons. The summed E-state index contributed by atoms with van der Waals surface area (Å²) in [6.45, 7) is 6.04. The molecule has 0 aliphatic carbocycles. The van der Waals surface area contributed by atoms with Crippen LogP contribution >= 0.6 is 11.6 Å². The Bertz CT molecular complexity index is 490. The SMILES string of the molecule is Cn1ncc(Cl)c1[C@@H]1CN(C(=O)OC(C)(C)C)C[C@H]1O. The number of nitrogens with zero attached hydrogens (tertiary/aromatic N) is 3. The van der Waals surface area contributed by atoms with Gasteiger partial charge in [-0.1, -0.05) is 11.6 Å². The second-order valence-electron chi connectivity index (χ2n) is 6.06. The van der Waals surface area contributed by atoms with E-state index in [1.807, 2.05) is 20.8 Å². The lowest BCUT2D eigenvalue weighted by molar-refractivity contribution is 0.0270. The molecule has 2 atom stereocenters. The van der Waals surface area contributed by atoms with E-state index >= 15 is 0 Å². The number of carbonyl (C=O) groups is 1. The standard InChI is InChI=1S/C13H20ClN3O3/c1-13(2,3)20-12(19)17-6-8(10(18)7-17)11-9(14)5-15-16(11)4/h5,8,10,18H,6-7H2,1-4H3/t8-,10-/m1/s1. The van der Waals surface area contributed by atoms with E-state index in [9.17, 15) is 9.90 Å². The molecule has 20 heavy (non-hydrogen) atoms. The predicted octanol–water partition coefficient (Wildman–Crippen LogP) is 1.77.